The molecule has 0 fully saturated rings. The molecule has 2 unspecified atom stereocenters. The largest absolute Gasteiger partial charge is 0.436 e. The molecule has 0 saturated carbocycles. The Bertz CT molecular complexity index is 1410. The van der Waals surface area contributed by atoms with Gasteiger partial charge < -0.3 is 10.2 Å². The van der Waals surface area contributed by atoms with E-state index in [-0.39, 0.29) is 11.6 Å². The molecule has 2 atom stereocenters. The van der Waals surface area contributed by atoms with Crippen molar-refractivity contribution in [2.75, 3.05) is 0 Å². The Balaban J connectivity index is 1.50. The first-order valence-electron chi connectivity index (χ1n) is 9.77. The SMILES string of the molecule is NC1=C(c2nc3cc4ccccc4cc3o2)C=CC2C(=O)c3ccccc3C(=O)C12. The van der Waals surface area contributed by atoms with E-state index in [1.807, 2.05) is 36.4 Å². The van der Waals surface area contributed by atoms with E-state index < -0.39 is 11.8 Å². The summed E-state index contributed by atoms with van der Waals surface area (Å²) in [5, 5.41) is 2.12. The highest BCUT2D eigenvalue weighted by molar-refractivity contribution is 6.18. The zero-order chi connectivity index (χ0) is 20.4. The Morgan fingerprint density at radius 2 is 1.53 bits per heavy atom. The van der Waals surface area contributed by atoms with E-state index in [1.54, 1.807) is 36.4 Å². The Labute approximate surface area is 171 Å². The molecular formula is C25H16N2O3. The second-order valence-corrected chi connectivity index (χ2v) is 7.69. The molecule has 5 heteroatoms. The van der Waals surface area contributed by atoms with Crippen molar-refractivity contribution in [2.24, 2.45) is 17.6 Å². The van der Waals surface area contributed by atoms with Crippen LogP contribution in [-0.4, -0.2) is 16.6 Å². The summed E-state index contributed by atoms with van der Waals surface area (Å²) in [7, 11) is 0. The van der Waals surface area contributed by atoms with Gasteiger partial charge in [-0.05, 0) is 22.9 Å². The number of fused-ring (bicyclic) bond motifs is 4. The monoisotopic (exact) mass is 392 g/mol. The molecule has 30 heavy (non-hydrogen) atoms. The third-order valence-corrected chi connectivity index (χ3v) is 6.00. The predicted octanol–water partition coefficient (Wildman–Crippen LogP) is 4.53. The van der Waals surface area contributed by atoms with E-state index in [0.29, 0.717) is 33.9 Å². The van der Waals surface area contributed by atoms with E-state index in [2.05, 4.69) is 4.98 Å². The van der Waals surface area contributed by atoms with Gasteiger partial charge in [0.1, 0.15) is 5.52 Å². The van der Waals surface area contributed by atoms with Gasteiger partial charge in [0.05, 0.1) is 17.4 Å². The number of rotatable bonds is 1. The summed E-state index contributed by atoms with van der Waals surface area (Å²) in [5.41, 5.74) is 9.58. The van der Waals surface area contributed by atoms with Crippen molar-refractivity contribution in [2.45, 2.75) is 0 Å². The minimum atomic E-state index is -0.735. The van der Waals surface area contributed by atoms with E-state index in [0.717, 1.165) is 16.3 Å². The van der Waals surface area contributed by atoms with Crippen LogP contribution in [0, 0.1) is 11.8 Å². The molecule has 0 radical (unpaired) electrons. The number of aromatic nitrogens is 1. The maximum Gasteiger partial charge on any atom is 0.229 e. The van der Waals surface area contributed by atoms with Crippen LogP contribution in [-0.2, 0) is 0 Å². The quantitative estimate of drug-likeness (QED) is 0.514. The van der Waals surface area contributed by atoms with Crippen molar-refractivity contribution in [1.29, 1.82) is 0 Å². The van der Waals surface area contributed by atoms with Crippen LogP contribution < -0.4 is 5.73 Å². The van der Waals surface area contributed by atoms with Gasteiger partial charge >= 0.3 is 0 Å². The van der Waals surface area contributed by atoms with E-state index >= 15 is 0 Å². The Hall–Kier alpha value is -3.99. The smallest absolute Gasteiger partial charge is 0.229 e. The van der Waals surface area contributed by atoms with Crippen molar-refractivity contribution in [1.82, 2.24) is 4.98 Å². The van der Waals surface area contributed by atoms with Crippen LogP contribution in [0.3, 0.4) is 0 Å². The van der Waals surface area contributed by atoms with Crippen molar-refractivity contribution >= 4 is 39.0 Å². The molecule has 2 N–H and O–H groups in total. The highest BCUT2D eigenvalue weighted by atomic mass is 16.3. The number of carbonyl (C=O) groups excluding carboxylic acids is 2. The molecule has 4 aromatic rings. The molecule has 2 aliphatic carbocycles. The van der Waals surface area contributed by atoms with Crippen LogP contribution >= 0.6 is 0 Å². The molecule has 5 nitrogen and oxygen atoms in total. The van der Waals surface area contributed by atoms with Gasteiger partial charge in [0, 0.05) is 16.8 Å². The maximum atomic E-state index is 13.2. The fourth-order valence-corrected chi connectivity index (χ4v) is 4.49. The Morgan fingerprint density at radius 1 is 0.867 bits per heavy atom. The minimum Gasteiger partial charge on any atom is -0.436 e. The Morgan fingerprint density at radius 3 is 2.30 bits per heavy atom. The molecule has 6 rings (SSSR count). The predicted molar refractivity (Wildman–Crippen MR) is 114 cm³/mol. The lowest BCUT2D eigenvalue weighted by atomic mass is 9.70. The molecule has 0 amide bonds. The van der Waals surface area contributed by atoms with Gasteiger partial charge in [-0.3, -0.25) is 9.59 Å². The lowest BCUT2D eigenvalue weighted by Crippen LogP contribution is -2.40. The number of allylic oxidation sites excluding steroid dienone is 4. The van der Waals surface area contributed by atoms with Gasteiger partial charge in [0.15, 0.2) is 17.1 Å². The summed E-state index contributed by atoms with van der Waals surface area (Å²) in [5.74, 6) is -1.20. The van der Waals surface area contributed by atoms with Gasteiger partial charge in [0.25, 0.3) is 0 Å². The highest BCUT2D eigenvalue weighted by Crippen LogP contribution is 2.40. The average molecular weight is 392 g/mol. The zero-order valence-electron chi connectivity index (χ0n) is 15.8. The topological polar surface area (TPSA) is 86.2 Å². The Kier molecular flexibility index (Phi) is 3.39. The summed E-state index contributed by atoms with van der Waals surface area (Å²) in [4.78, 5) is 30.7. The number of ketones is 2. The molecule has 0 aliphatic heterocycles. The van der Waals surface area contributed by atoms with Gasteiger partial charge in [-0.25, -0.2) is 4.98 Å². The van der Waals surface area contributed by atoms with E-state index in [4.69, 9.17) is 10.2 Å². The molecular weight excluding hydrogens is 376 g/mol. The molecule has 0 bridgehead atoms. The van der Waals surface area contributed by atoms with Crippen molar-refractivity contribution in [3.63, 3.8) is 0 Å². The number of hydrogen-bond acceptors (Lipinski definition) is 5. The summed E-state index contributed by atoms with van der Waals surface area (Å²) >= 11 is 0. The summed E-state index contributed by atoms with van der Waals surface area (Å²) in [6, 6.07) is 18.8. The van der Waals surface area contributed by atoms with E-state index in [1.165, 1.54) is 0 Å². The normalized spacial score (nSPS) is 20.7. The van der Waals surface area contributed by atoms with Crippen molar-refractivity contribution < 1.29 is 14.0 Å². The number of nitrogens with two attached hydrogens (primary N) is 1. The fraction of sp³-hybridized carbons (Fsp3) is 0.0800. The highest BCUT2D eigenvalue weighted by Gasteiger charge is 2.44. The molecule has 0 saturated heterocycles. The van der Waals surface area contributed by atoms with Crippen LogP contribution in [0.4, 0.5) is 0 Å². The van der Waals surface area contributed by atoms with Crippen LogP contribution in [0.5, 0.6) is 0 Å². The first-order chi connectivity index (χ1) is 14.6. The lowest BCUT2D eigenvalue weighted by Gasteiger charge is -2.32. The van der Waals surface area contributed by atoms with Crippen LogP contribution in [0.1, 0.15) is 26.6 Å². The summed E-state index contributed by atoms with van der Waals surface area (Å²) < 4.78 is 6.00. The fourth-order valence-electron chi connectivity index (χ4n) is 4.49. The molecule has 2 aliphatic rings. The first kappa shape index (κ1) is 16.9. The second-order valence-electron chi connectivity index (χ2n) is 7.69. The zero-order valence-corrected chi connectivity index (χ0v) is 15.8. The standard InChI is InChI=1S/C25H16N2O3/c26-22-18(25-27-19-11-13-5-1-2-6-14(13)12-20(19)30-25)10-9-17-21(22)24(29)16-8-4-3-7-15(16)23(17)28/h1-12,17,21H,26H2. The number of Topliss-reactive ketones (excluding diaryl/α,β-unsaturated/α-hetero) is 2. The van der Waals surface area contributed by atoms with Gasteiger partial charge in [0.2, 0.25) is 5.89 Å². The van der Waals surface area contributed by atoms with Gasteiger partial charge in [-0.15, -0.1) is 0 Å². The average Bonchev–Trinajstić information content (AvgIpc) is 3.18. The number of oxazole rings is 1. The van der Waals surface area contributed by atoms with Crippen LogP contribution in [0.15, 0.2) is 82.9 Å². The maximum absolute atomic E-state index is 13.2. The lowest BCUT2D eigenvalue weighted by molar-refractivity contribution is 0.0793. The minimum absolute atomic E-state index is 0.0859. The van der Waals surface area contributed by atoms with Gasteiger partial charge in [-0.2, -0.15) is 0 Å². The van der Waals surface area contributed by atoms with Gasteiger partial charge in [-0.1, -0.05) is 60.7 Å². The third-order valence-electron chi connectivity index (χ3n) is 6.00. The summed E-state index contributed by atoms with van der Waals surface area (Å²) in [6.07, 6.45) is 3.50. The third kappa shape index (κ3) is 2.26. The van der Waals surface area contributed by atoms with Crippen molar-refractivity contribution in [3.05, 3.63) is 95.5 Å². The number of benzene rings is 3. The molecule has 3 aromatic carbocycles. The van der Waals surface area contributed by atoms with Crippen molar-refractivity contribution in [3.8, 4) is 0 Å². The molecule has 0 spiro atoms. The van der Waals surface area contributed by atoms with Crippen LogP contribution in [0.2, 0.25) is 0 Å². The first-order valence-corrected chi connectivity index (χ1v) is 9.77. The molecule has 1 heterocycles. The van der Waals surface area contributed by atoms with E-state index in [9.17, 15) is 9.59 Å². The molecule has 1 aromatic heterocycles. The van der Waals surface area contributed by atoms with Crippen LogP contribution in [0.25, 0.3) is 27.4 Å². The number of nitrogens with zero attached hydrogens (tertiary/aromatic N) is 1. The molecule has 144 valence electrons. The number of carbonyl (C=O) groups is 2. The summed E-state index contributed by atoms with van der Waals surface area (Å²) in [6.45, 7) is 0. The number of hydrogen-bond donors (Lipinski definition) is 1. The second kappa shape index (κ2) is 6.00.